The van der Waals surface area contributed by atoms with Gasteiger partial charge in [0.15, 0.2) is 0 Å². The molecule has 0 saturated heterocycles. The minimum Gasteiger partial charge on any atom is -0.310 e. The van der Waals surface area contributed by atoms with Crippen LogP contribution < -0.4 is 4.90 Å². The van der Waals surface area contributed by atoms with Gasteiger partial charge in [0.1, 0.15) is 0 Å². The van der Waals surface area contributed by atoms with E-state index in [1.165, 1.54) is 97.0 Å². The summed E-state index contributed by atoms with van der Waals surface area (Å²) in [5.74, 6) is 0. The molecular weight excluding hydrogens is 839 g/mol. The second-order valence-electron chi connectivity index (χ2n) is 17.6. The van der Waals surface area contributed by atoms with Gasteiger partial charge in [0, 0.05) is 37.1 Å². The molecule has 1 aromatic heterocycles. The van der Waals surface area contributed by atoms with Crippen molar-refractivity contribution in [3.63, 3.8) is 0 Å². The topological polar surface area (TPSA) is 3.24 Å². The number of hydrogen-bond acceptors (Lipinski definition) is 2. The van der Waals surface area contributed by atoms with Gasteiger partial charge in [-0.1, -0.05) is 212 Å². The zero-order valence-corrected chi connectivity index (χ0v) is 38.0. The number of fused-ring (bicyclic) bond motifs is 7. The van der Waals surface area contributed by atoms with Crippen LogP contribution in [0.3, 0.4) is 0 Å². The van der Waals surface area contributed by atoms with Crippen molar-refractivity contribution in [3.8, 4) is 55.6 Å². The van der Waals surface area contributed by atoms with Crippen molar-refractivity contribution in [3.05, 3.63) is 261 Å². The van der Waals surface area contributed by atoms with Crippen LogP contribution in [0.25, 0.3) is 108 Å². The Hall–Kier alpha value is -8.56. The smallest absolute Gasteiger partial charge is 0.0540 e. The molecule has 2 heteroatoms. The van der Waals surface area contributed by atoms with Crippen molar-refractivity contribution in [2.24, 2.45) is 0 Å². The Labute approximate surface area is 400 Å². The lowest BCUT2D eigenvalue weighted by Crippen LogP contribution is -2.11. The van der Waals surface area contributed by atoms with Crippen LogP contribution in [0, 0.1) is 0 Å². The second kappa shape index (κ2) is 16.7. The molecule has 0 spiro atoms. The van der Waals surface area contributed by atoms with E-state index in [0.717, 1.165) is 28.2 Å². The van der Waals surface area contributed by atoms with Crippen molar-refractivity contribution in [1.29, 1.82) is 0 Å². The van der Waals surface area contributed by atoms with E-state index < -0.39 is 0 Å². The summed E-state index contributed by atoms with van der Waals surface area (Å²) in [7, 11) is 0. The average Bonchev–Trinajstić information content (AvgIpc) is 3.80. The number of nitrogens with zero attached hydrogens (tertiary/aromatic N) is 1. The fraction of sp³-hybridized carbons (Fsp3) is 0. The van der Waals surface area contributed by atoms with Gasteiger partial charge in [-0.15, -0.1) is 11.3 Å². The fourth-order valence-corrected chi connectivity index (χ4v) is 11.7. The van der Waals surface area contributed by atoms with Crippen molar-refractivity contribution >= 4 is 80.9 Å². The minimum atomic E-state index is 1.09. The second-order valence-corrected chi connectivity index (χ2v) is 18.6. The lowest BCUT2D eigenvalue weighted by molar-refractivity contribution is 1.28. The summed E-state index contributed by atoms with van der Waals surface area (Å²) in [6.07, 6.45) is 0. The SMILES string of the molecule is c1ccc(-c2c(-c3ccccc3)c3cc(-c4ccccc4N(c4ccc(-c5cccc6c5sc5ccccc56)cc4)c4cccc(-c5ccc6ccccc6c5)c4)ccc3c3ccccc23)cc1. The monoisotopic (exact) mass is 881 g/mol. The van der Waals surface area contributed by atoms with E-state index in [0.29, 0.717) is 0 Å². The van der Waals surface area contributed by atoms with Crippen LogP contribution in [0.15, 0.2) is 261 Å². The van der Waals surface area contributed by atoms with Crippen molar-refractivity contribution < 1.29 is 0 Å². The molecule has 0 radical (unpaired) electrons. The Morgan fingerprint density at radius 3 is 1.63 bits per heavy atom. The Morgan fingerprint density at radius 2 is 0.824 bits per heavy atom. The Kier molecular flexibility index (Phi) is 9.77. The van der Waals surface area contributed by atoms with Gasteiger partial charge in [-0.25, -0.2) is 0 Å². The van der Waals surface area contributed by atoms with Crippen LogP contribution >= 0.6 is 11.3 Å². The molecule has 0 bridgehead atoms. The summed E-state index contributed by atoms with van der Waals surface area (Å²) in [6.45, 7) is 0. The number of rotatable bonds is 8. The van der Waals surface area contributed by atoms with Crippen LogP contribution in [-0.2, 0) is 0 Å². The van der Waals surface area contributed by atoms with Crippen LogP contribution in [-0.4, -0.2) is 0 Å². The van der Waals surface area contributed by atoms with Crippen LogP contribution in [0.1, 0.15) is 0 Å². The standard InChI is InChI=1S/C66H43NS/c1-3-18-46(19-4-1)64-59-28-10-9-26-56(59)57-40-37-51(43-61(57)65(64)47-20-5-2-6-21-47)54-25-11-13-31-62(54)67(53-24-15-23-49(42-53)50-34-33-44-17-7-8-22-48(44)41-50)52-38-35-45(36-39-52)55-29-16-30-60-58-27-12-14-32-63(58)68-66(55)60/h1-43H. The molecule has 0 amide bonds. The first-order valence-corrected chi connectivity index (χ1v) is 24.1. The number of benzene rings is 12. The summed E-state index contributed by atoms with van der Waals surface area (Å²) in [4.78, 5) is 2.45. The highest BCUT2D eigenvalue weighted by Gasteiger charge is 2.22. The molecule has 0 saturated carbocycles. The maximum atomic E-state index is 2.45. The summed E-state index contributed by atoms with van der Waals surface area (Å²) in [5.41, 5.74) is 15.3. The molecule has 0 fully saturated rings. The first-order valence-electron chi connectivity index (χ1n) is 23.3. The van der Waals surface area contributed by atoms with E-state index >= 15 is 0 Å². The number of para-hydroxylation sites is 1. The van der Waals surface area contributed by atoms with E-state index in [1.807, 2.05) is 11.3 Å². The molecule has 0 atom stereocenters. The minimum absolute atomic E-state index is 1.09. The zero-order valence-electron chi connectivity index (χ0n) is 37.2. The fourth-order valence-electron chi connectivity index (χ4n) is 10.5. The Balaban J connectivity index is 1.01. The van der Waals surface area contributed by atoms with Gasteiger partial charge in [0.25, 0.3) is 0 Å². The highest BCUT2D eigenvalue weighted by Crippen LogP contribution is 2.48. The molecule has 318 valence electrons. The van der Waals surface area contributed by atoms with E-state index in [9.17, 15) is 0 Å². The summed E-state index contributed by atoms with van der Waals surface area (Å²) in [6, 6.07) is 95.8. The molecule has 1 nitrogen and oxygen atoms in total. The molecule has 12 aromatic carbocycles. The molecule has 13 rings (SSSR count). The van der Waals surface area contributed by atoms with Crippen LogP contribution in [0.4, 0.5) is 17.1 Å². The lowest BCUT2D eigenvalue weighted by atomic mass is 9.84. The highest BCUT2D eigenvalue weighted by molar-refractivity contribution is 7.26. The zero-order chi connectivity index (χ0) is 45.0. The Bertz CT molecular complexity index is 4020. The number of hydrogen-bond donors (Lipinski definition) is 0. The molecule has 1 heterocycles. The summed E-state index contributed by atoms with van der Waals surface area (Å²) in [5, 5.41) is 10.1. The van der Waals surface area contributed by atoms with Gasteiger partial charge >= 0.3 is 0 Å². The molecule has 0 N–H and O–H groups in total. The van der Waals surface area contributed by atoms with E-state index in [-0.39, 0.29) is 0 Å². The molecule has 0 aliphatic carbocycles. The normalized spacial score (nSPS) is 11.5. The summed E-state index contributed by atoms with van der Waals surface area (Å²) >= 11 is 1.88. The molecule has 0 aliphatic rings. The highest BCUT2D eigenvalue weighted by atomic mass is 32.1. The first kappa shape index (κ1) is 39.8. The molecular formula is C66H43NS. The summed E-state index contributed by atoms with van der Waals surface area (Å²) < 4.78 is 2.64. The van der Waals surface area contributed by atoms with E-state index in [1.54, 1.807) is 0 Å². The largest absolute Gasteiger partial charge is 0.310 e. The maximum absolute atomic E-state index is 2.45. The van der Waals surface area contributed by atoms with E-state index in [4.69, 9.17) is 0 Å². The van der Waals surface area contributed by atoms with Crippen molar-refractivity contribution in [2.75, 3.05) is 4.90 Å². The number of anilines is 3. The van der Waals surface area contributed by atoms with Crippen LogP contribution in [0.2, 0.25) is 0 Å². The molecule has 68 heavy (non-hydrogen) atoms. The molecule has 0 unspecified atom stereocenters. The third-order valence-electron chi connectivity index (χ3n) is 13.6. The molecule has 0 aliphatic heterocycles. The van der Waals surface area contributed by atoms with Gasteiger partial charge in [-0.3, -0.25) is 0 Å². The van der Waals surface area contributed by atoms with Crippen molar-refractivity contribution in [2.45, 2.75) is 0 Å². The molecule has 13 aromatic rings. The third-order valence-corrected chi connectivity index (χ3v) is 14.9. The quantitative estimate of drug-likeness (QED) is 0.137. The predicted octanol–water partition coefficient (Wildman–Crippen LogP) is 19.3. The average molecular weight is 882 g/mol. The maximum Gasteiger partial charge on any atom is 0.0540 e. The third kappa shape index (κ3) is 6.85. The first-order chi connectivity index (χ1) is 33.7. The van der Waals surface area contributed by atoms with Crippen LogP contribution in [0.5, 0.6) is 0 Å². The van der Waals surface area contributed by atoms with Gasteiger partial charge in [0.05, 0.1) is 5.69 Å². The lowest BCUT2D eigenvalue weighted by Gasteiger charge is -2.29. The number of thiophene rings is 1. The van der Waals surface area contributed by atoms with E-state index in [2.05, 4.69) is 266 Å². The van der Waals surface area contributed by atoms with Gasteiger partial charge in [-0.05, 0) is 131 Å². The van der Waals surface area contributed by atoms with Gasteiger partial charge < -0.3 is 4.90 Å². The Morgan fingerprint density at radius 1 is 0.265 bits per heavy atom. The van der Waals surface area contributed by atoms with Gasteiger partial charge in [0.2, 0.25) is 0 Å². The van der Waals surface area contributed by atoms with Crippen molar-refractivity contribution in [1.82, 2.24) is 0 Å². The van der Waals surface area contributed by atoms with Gasteiger partial charge in [-0.2, -0.15) is 0 Å². The predicted molar refractivity (Wildman–Crippen MR) is 294 cm³/mol.